The fraction of sp³-hybridized carbons (Fsp3) is 0.250. The minimum absolute atomic E-state index is 0. The van der Waals surface area contributed by atoms with Crippen molar-refractivity contribution in [2.24, 2.45) is 20.0 Å². The Morgan fingerprint density at radius 1 is 0.455 bits per heavy atom. The van der Waals surface area contributed by atoms with Gasteiger partial charge in [-0.1, -0.05) is 144 Å². The van der Waals surface area contributed by atoms with Crippen molar-refractivity contribution in [3.05, 3.63) is 130 Å². The van der Waals surface area contributed by atoms with Crippen molar-refractivity contribution >= 4 is 57.6 Å². The number of hydrogen-bond donors (Lipinski definition) is 0. The zero-order valence-electron chi connectivity index (χ0n) is 30.6. The van der Waals surface area contributed by atoms with E-state index in [0.717, 1.165) is 35.7 Å². The third-order valence-corrected chi connectivity index (χ3v) is 7.14. The largest absolute Gasteiger partial charge is 2.00 e. The molecular formula is C40H40Cu2MnN6O4S2. The molecule has 0 heterocycles. The molecule has 0 aliphatic heterocycles. The molecule has 4 rings (SSSR count). The Morgan fingerprint density at radius 2 is 0.618 bits per heavy atom. The van der Waals surface area contributed by atoms with E-state index in [1.54, 1.807) is 72.8 Å². The molecule has 0 aromatic heterocycles. The molecule has 0 aliphatic carbocycles. The van der Waals surface area contributed by atoms with Crippen molar-refractivity contribution < 1.29 is 71.6 Å². The summed E-state index contributed by atoms with van der Waals surface area (Å²) in [5.74, 6) is -0.0197. The van der Waals surface area contributed by atoms with Gasteiger partial charge in [-0.3, -0.25) is 20.0 Å². The second-order valence-corrected chi connectivity index (χ2v) is 11.1. The number of benzene rings is 4. The molecule has 0 fully saturated rings. The van der Waals surface area contributed by atoms with Crippen LogP contribution in [0, 0.1) is 0 Å². The summed E-state index contributed by atoms with van der Waals surface area (Å²) >= 11 is 7.40. The summed E-state index contributed by atoms with van der Waals surface area (Å²) in [5.41, 5.74) is 5.59. The van der Waals surface area contributed by atoms with Gasteiger partial charge in [0.1, 0.15) is 0 Å². The topological polar surface area (TPSA) is 186 Å². The maximum atomic E-state index is 11.7. The summed E-state index contributed by atoms with van der Waals surface area (Å²) in [5, 5.41) is 63.7. The first-order valence-electron chi connectivity index (χ1n) is 16.1. The summed E-state index contributed by atoms with van der Waals surface area (Å²) in [6.45, 7) is 9.81. The fourth-order valence-corrected chi connectivity index (χ4v) is 4.53. The average Bonchev–Trinajstić information content (AvgIpc) is 3.12. The van der Waals surface area contributed by atoms with Crippen LogP contribution in [0.25, 0.3) is 10.8 Å². The van der Waals surface area contributed by atoms with E-state index >= 15 is 0 Å². The van der Waals surface area contributed by atoms with E-state index in [1.807, 2.05) is 52.0 Å². The molecule has 0 aliphatic rings. The number of rotatable bonds is 12. The minimum Gasteiger partial charge on any atom is -0.872 e. The first-order chi connectivity index (χ1) is 25.0. The van der Waals surface area contributed by atoms with Gasteiger partial charge < -0.3 is 31.2 Å². The quantitative estimate of drug-likeness (QED) is 0.0686. The molecule has 4 aromatic rings. The van der Waals surface area contributed by atoms with Gasteiger partial charge in [0, 0.05) is 49.0 Å². The van der Waals surface area contributed by atoms with Crippen molar-refractivity contribution in [2.45, 2.75) is 40.5 Å². The Balaban J connectivity index is -0.000000820. The van der Waals surface area contributed by atoms with Gasteiger partial charge >= 0.3 is 51.2 Å². The Labute approximate surface area is 366 Å². The van der Waals surface area contributed by atoms with Gasteiger partial charge in [0.05, 0.1) is 0 Å². The normalized spacial score (nSPS) is 10.7. The number of para-hydroxylation sites is 4. The summed E-state index contributed by atoms with van der Waals surface area (Å²) < 4.78 is 0. The monoisotopic (exact) mass is 913 g/mol. The zero-order valence-corrected chi connectivity index (χ0v) is 35.3. The van der Waals surface area contributed by atoms with E-state index < -0.39 is 0 Å². The van der Waals surface area contributed by atoms with Crippen molar-refractivity contribution in [1.29, 1.82) is 0 Å². The van der Waals surface area contributed by atoms with Gasteiger partial charge in [-0.2, -0.15) is 10.3 Å². The van der Waals surface area contributed by atoms with E-state index in [2.05, 4.69) is 44.4 Å². The van der Waals surface area contributed by atoms with Crippen LogP contribution in [0.3, 0.4) is 0 Å². The van der Waals surface area contributed by atoms with E-state index in [0.29, 0.717) is 48.4 Å². The third kappa shape index (κ3) is 22.2. The predicted octanol–water partition coefficient (Wildman–Crippen LogP) is 6.39. The summed E-state index contributed by atoms with van der Waals surface area (Å²) in [4.78, 5) is 17.7. The van der Waals surface area contributed by atoms with Gasteiger partial charge in [0.25, 0.3) is 0 Å². The zero-order chi connectivity index (χ0) is 38.7. The number of thiocarbonyl (C=S) groups is 2. The second-order valence-electron chi connectivity index (χ2n) is 10.7. The van der Waals surface area contributed by atoms with Crippen LogP contribution in [0.5, 0.6) is 23.0 Å². The second kappa shape index (κ2) is 33.3. The van der Waals surface area contributed by atoms with Crippen LogP contribution in [0.2, 0.25) is 0 Å². The molecule has 3 radical (unpaired) electrons. The van der Waals surface area contributed by atoms with Crippen molar-refractivity contribution in [3.63, 3.8) is 0 Å². The molecular weight excluding hydrogens is 875 g/mol. The fourth-order valence-electron chi connectivity index (χ4n) is 4.53. The maximum Gasteiger partial charge on any atom is 2.00 e. The number of aliphatic imine (C=N–C) groups is 4. The molecule has 15 heteroatoms. The van der Waals surface area contributed by atoms with Gasteiger partial charge in [-0.15, -0.1) is 0 Å². The van der Waals surface area contributed by atoms with E-state index in [9.17, 15) is 20.4 Å². The third-order valence-electron chi connectivity index (χ3n) is 7.14. The Morgan fingerprint density at radius 3 is 0.782 bits per heavy atom. The Hall–Kier alpha value is -4.08. The van der Waals surface area contributed by atoms with E-state index in [4.69, 9.17) is 10.8 Å². The van der Waals surface area contributed by atoms with Crippen molar-refractivity contribution in [3.8, 4) is 23.0 Å². The van der Waals surface area contributed by atoms with Crippen LogP contribution in [-0.4, -0.2) is 59.3 Å². The minimum atomic E-state index is -0.00494. The molecule has 295 valence electrons. The van der Waals surface area contributed by atoms with Crippen LogP contribution in [0.1, 0.15) is 62.8 Å². The van der Waals surface area contributed by atoms with Crippen LogP contribution < -0.4 is 20.4 Å². The molecule has 55 heavy (non-hydrogen) atoms. The first kappa shape index (κ1) is 55.3. The number of isothiocyanates is 2. The summed E-state index contributed by atoms with van der Waals surface area (Å²) in [6.07, 6.45) is 1.55. The van der Waals surface area contributed by atoms with Crippen LogP contribution in [0.4, 0.5) is 0 Å². The SMILES string of the molecule is CC(=NCCCN=C(C)c1ccccc1[O-])c1ccccc1[O-].CC(=NCCCN=C(C)c1ccccc1[O-])c1ccccc1[O-].[Cu+2].[Cu+2].[Mn+2].[N-]=C=S.[N-]=C=S. The van der Waals surface area contributed by atoms with E-state index in [1.165, 1.54) is 10.3 Å². The maximum absolute atomic E-state index is 11.7. The van der Waals surface area contributed by atoms with Gasteiger partial charge in [0.15, 0.2) is 0 Å². The first-order valence-corrected chi connectivity index (χ1v) is 17.0. The van der Waals surface area contributed by atoms with E-state index in [-0.39, 0.29) is 74.2 Å². The molecule has 0 unspecified atom stereocenters. The Kier molecular flexibility index (Phi) is 33.4. The van der Waals surface area contributed by atoms with Gasteiger partial charge in [-0.05, 0) is 62.8 Å². The Bertz CT molecular complexity index is 1650. The molecule has 4 aromatic carbocycles. The van der Waals surface area contributed by atoms with Gasteiger partial charge in [-0.25, -0.2) is 0 Å². The number of nitrogens with zero attached hydrogens (tertiary/aromatic N) is 6. The van der Waals surface area contributed by atoms with Gasteiger partial charge in [0.2, 0.25) is 0 Å². The van der Waals surface area contributed by atoms with Crippen LogP contribution >= 0.6 is 24.4 Å². The van der Waals surface area contributed by atoms with Crippen molar-refractivity contribution in [1.82, 2.24) is 0 Å². The molecule has 0 N–H and O–H groups in total. The molecule has 10 nitrogen and oxygen atoms in total. The molecule has 0 atom stereocenters. The summed E-state index contributed by atoms with van der Waals surface area (Å²) in [7, 11) is 0. The number of hydrogen-bond acceptors (Lipinski definition) is 10. The standard InChI is InChI=1S/2C19H22N2O2.2CNS.2Cu.Mn/c2*1-14(16-8-3-5-10-18(16)22)20-12-7-13-21-15(2)17-9-4-6-11-19(17)23;2*2-1-3;;;/h2*3-6,8-11,22-23H,7,12-13H2,1-2H3;;;;;/q;;2*-1;3*+2/p-4. The molecule has 0 bridgehead atoms. The molecule has 0 saturated carbocycles. The van der Waals surface area contributed by atoms with Crippen molar-refractivity contribution in [2.75, 3.05) is 26.2 Å². The smallest absolute Gasteiger partial charge is 0.872 e. The van der Waals surface area contributed by atoms with Crippen LogP contribution in [0.15, 0.2) is 117 Å². The average molecular weight is 915 g/mol. The molecule has 0 saturated heterocycles. The predicted molar refractivity (Wildman–Crippen MR) is 213 cm³/mol. The molecule has 0 amide bonds. The van der Waals surface area contributed by atoms with Crippen LogP contribution in [-0.2, 0) is 51.2 Å². The summed E-state index contributed by atoms with van der Waals surface area (Å²) in [6, 6.07) is 27.6. The molecule has 0 spiro atoms.